The average Bonchev–Trinajstić information content (AvgIpc) is 3.30. The molecule has 1 aliphatic carbocycles. The second-order valence-corrected chi connectivity index (χ2v) is 7.53. The van der Waals surface area contributed by atoms with Gasteiger partial charge >= 0.3 is 6.03 Å². The molecule has 9 nitrogen and oxygen atoms in total. The van der Waals surface area contributed by atoms with Gasteiger partial charge in [-0.05, 0) is 38.0 Å². The number of fused-ring (bicyclic) bond motifs is 1. The first kappa shape index (κ1) is 19.9. The van der Waals surface area contributed by atoms with Crippen LogP contribution in [-0.2, 0) is 0 Å². The van der Waals surface area contributed by atoms with E-state index in [0.717, 1.165) is 37.2 Å². The number of hydrogen-bond donors (Lipinski definition) is 2. The highest BCUT2D eigenvalue weighted by Crippen LogP contribution is 2.38. The predicted octanol–water partition coefficient (Wildman–Crippen LogP) is 3.14. The maximum atomic E-state index is 12.9. The Labute approximate surface area is 176 Å². The van der Waals surface area contributed by atoms with Crippen molar-refractivity contribution in [2.45, 2.75) is 38.6 Å². The number of carbonyl (C=O) groups excluding carboxylic acids is 2. The van der Waals surface area contributed by atoms with Gasteiger partial charge < -0.3 is 10.6 Å². The van der Waals surface area contributed by atoms with Crippen LogP contribution in [0.25, 0.3) is 0 Å². The molecule has 2 N–H and O–H groups in total. The van der Waals surface area contributed by atoms with E-state index in [1.807, 2.05) is 13.0 Å². The van der Waals surface area contributed by atoms with E-state index >= 15 is 0 Å². The van der Waals surface area contributed by atoms with E-state index < -0.39 is 0 Å². The minimum Gasteiger partial charge on any atom is -0.355 e. The molecule has 4 rings (SSSR count). The van der Waals surface area contributed by atoms with Crippen LogP contribution in [0, 0.1) is 0 Å². The Hall–Kier alpha value is -3.36. The van der Waals surface area contributed by atoms with Gasteiger partial charge in [0.05, 0.1) is 12.2 Å². The Morgan fingerprint density at radius 2 is 2.03 bits per heavy atom. The molecule has 0 atom stereocenters. The number of urea groups is 1. The highest BCUT2D eigenvalue weighted by molar-refractivity contribution is 5.99. The third-order valence-electron chi connectivity index (χ3n) is 5.67. The van der Waals surface area contributed by atoms with Gasteiger partial charge in [0.1, 0.15) is 5.69 Å². The largest absolute Gasteiger partial charge is 0.355 e. The van der Waals surface area contributed by atoms with Crippen molar-refractivity contribution in [3.8, 4) is 0 Å². The molecule has 158 valence electrons. The van der Waals surface area contributed by atoms with Crippen molar-refractivity contribution in [2.24, 2.45) is 0 Å². The summed E-state index contributed by atoms with van der Waals surface area (Å²) in [6.45, 7) is 2.55. The number of carbonyl (C=O) groups is 2. The quantitative estimate of drug-likeness (QED) is 0.788. The molecule has 1 aliphatic heterocycles. The minimum absolute atomic E-state index is 0.0699. The van der Waals surface area contributed by atoms with Crippen LogP contribution in [0.4, 0.5) is 27.9 Å². The summed E-state index contributed by atoms with van der Waals surface area (Å²) in [7, 11) is 3.35. The number of rotatable bonds is 5. The van der Waals surface area contributed by atoms with E-state index in [-0.39, 0.29) is 18.0 Å². The summed E-state index contributed by atoms with van der Waals surface area (Å²) in [6.07, 6.45) is 6.06. The Bertz CT molecular complexity index is 958. The van der Waals surface area contributed by atoms with E-state index in [0.29, 0.717) is 23.7 Å². The number of aromatic nitrogens is 2. The van der Waals surface area contributed by atoms with Gasteiger partial charge in [0.15, 0.2) is 5.82 Å². The fraction of sp³-hybridized carbons (Fsp3) is 0.429. The van der Waals surface area contributed by atoms with Gasteiger partial charge in [-0.25, -0.2) is 14.8 Å². The maximum Gasteiger partial charge on any atom is 0.343 e. The summed E-state index contributed by atoms with van der Waals surface area (Å²) in [5.74, 6) is 0.992. The molecular weight excluding hydrogens is 382 g/mol. The molecule has 1 saturated carbocycles. The standard InChI is InChI=1S/C21H27N7O2/c1-4-27-21(30)26(3)17-13-23-20(25-18(17)28(27)16-10-5-6-11-16)24-15-9-7-8-14(12-15)19(29)22-2/h7-9,12-13,16H,4-6,10-11H2,1-3H3,(H,22,29)(H,23,24,25). The van der Waals surface area contributed by atoms with Crippen molar-refractivity contribution in [1.82, 2.24) is 20.3 Å². The van der Waals surface area contributed by atoms with Gasteiger partial charge in [-0.1, -0.05) is 18.9 Å². The fourth-order valence-corrected chi connectivity index (χ4v) is 4.13. The normalized spacial score (nSPS) is 16.6. The Morgan fingerprint density at radius 1 is 1.27 bits per heavy atom. The van der Waals surface area contributed by atoms with Crippen LogP contribution in [0.5, 0.6) is 0 Å². The maximum absolute atomic E-state index is 12.9. The molecule has 3 amide bonds. The highest BCUT2D eigenvalue weighted by Gasteiger charge is 2.39. The SMILES string of the molecule is CCN1C(=O)N(C)c2cnc(Nc3cccc(C(=O)NC)c3)nc2N1C1CCCC1. The van der Waals surface area contributed by atoms with E-state index in [9.17, 15) is 9.59 Å². The summed E-state index contributed by atoms with van der Waals surface area (Å²) >= 11 is 0. The van der Waals surface area contributed by atoms with Crippen LogP contribution in [0.2, 0.25) is 0 Å². The zero-order valence-corrected chi connectivity index (χ0v) is 17.6. The van der Waals surface area contributed by atoms with E-state index in [1.165, 1.54) is 0 Å². The van der Waals surface area contributed by atoms with Crippen LogP contribution in [0.15, 0.2) is 30.5 Å². The van der Waals surface area contributed by atoms with E-state index in [2.05, 4.69) is 20.6 Å². The lowest BCUT2D eigenvalue weighted by atomic mass is 10.2. The summed E-state index contributed by atoms with van der Waals surface area (Å²) in [6, 6.07) is 7.35. The Morgan fingerprint density at radius 3 is 2.73 bits per heavy atom. The summed E-state index contributed by atoms with van der Waals surface area (Å²) < 4.78 is 0. The minimum atomic E-state index is -0.156. The molecule has 0 spiro atoms. The third kappa shape index (κ3) is 3.51. The number of nitrogens with one attached hydrogen (secondary N) is 2. The van der Waals surface area contributed by atoms with Gasteiger partial charge in [-0.2, -0.15) is 4.98 Å². The first-order valence-corrected chi connectivity index (χ1v) is 10.3. The smallest absolute Gasteiger partial charge is 0.343 e. The molecule has 2 aliphatic rings. The molecule has 0 unspecified atom stereocenters. The summed E-state index contributed by atoms with van der Waals surface area (Å²) in [5, 5.41) is 9.63. The molecule has 2 aromatic rings. The molecule has 1 fully saturated rings. The van der Waals surface area contributed by atoms with Crippen molar-refractivity contribution < 1.29 is 9.59 Å². The molecule has 0 radical (unpaired) electrons. The molecule has 0 saturated heterocycles. The van der Waals surface area contributed by atoms with Crippen molar-refractivity contribution in [3.63, 3.8) is 0 Å². The molecule has 1 aromatic heterocycles. The zero-order valence-electron chi connectivity index (χ0n) is 17.6. The summed E-state index contributed by atoms with van der Waals surface area (Å²) in [5.41, 5.74) is 1.97. The van der Waals surface area contributed by atoms with Crippen molar-refractivity contribution in [2.75, 3.05) is 35.9 Å². The highest BCUT2D eigenvalue weighted by atomic mass is 16.2. The zero-order chi connectivity index (χ0) is 21.3. The lowest BCUT2D eigenvalue weighted by Crippen LogP contribution is -2.59. The van der Waals surface area contributed by atoms with Gasteiger partial charge in [0.25, 0.3) is 5.91 Å². The monoisotopic (exact) mass is 409 g/mol. The van der Waals surface area contributed by atoms with Gasteiger partial charge in [0.2, 0.25) is 5.95 Å². The topological polar surface area (TPSA) is 93.7 Å². The molecule has 1 aromatic carbocycles. The number of hydrazine groups is 1. The second kappa shape index (κ2) is 8.17. The lowest BCUT2D eigenvalue weighted by Gasteiger charge is -2.45. The lowest BCUT2D eigenvalue weighted by molar-refractivity contribution is 0.0963. The van der Waals surface area contributed by atoms with Gasteiger partial charge in [0, 0.05) is 31.9 Å². The van der Waals surface area contributed by atoms with Crippen molar-refractivity contribution in [3.05, 3.63) is 36.0 Å². The average molecular weight is 409 g/mol. The van der Waals surface area contributed by atoms with Crippen LogP contribution < -0.4 is 20.5 Å². The Balaban J connectivity index is 1.70. The molecule has 2 heterocycles. The van der Waals surface area contributed by atoms with Crippen molar-refractivity contribution >= 4 is 35.1 Å². The molecule has 9 heteroatoms. The summed E-state index contributed by atoms with van der Waals surface area (Å²) in [4.78, 5) is 35.6. The van der Waals surface area contributed by atoms with Crippen LogP contribution in [-0.4, -0.2) is 53.6 Å². The van der Waals surface area contributed by atoms with E-state index in [4.69, 9.17) is 4.98 Å². The number of anilines is 4. The number of benzene rings is 1. The molecular formula is C21H27N7O2. The van der Waals surface area contributed by atoms with Crippen LogP contribution in [0.1, 0.15) is 43.0 Å². The van der Waals surface area contributed by atoms with Gasteiger partial charge in [-0.15, -0.1) is 0 Å². The van der Waals surface area contributed by atoms with Crippen LogP contribution in [0.3, 0.4) is 0 Å². The molecule has 0 bridgehead atoms. The Kier molecular flexibility index (Phi) is 5.43. The number of amides is 3. The third-order valence-corrected chi connectivity index (χ3v) is 5.67. The first-order chi connectivity index (χ1) is 14.5. The van der Waals surface area contributed by atoms with Crippen LogP contribution >= 0.6 is 0 Å². The fourth-order valence-electron chi connectivity index (χ4n) is 4.13. The van der Waals surface area contributed by atoms with Crippen molar-refractivity contribution in [1.29, 1.82) is 0 Å². The number of hydrogen-bond acceptors (Lipinski definition) is 6. The predicted molar refractivity (Wildman–Crippen MR) is 116 cm³/mol. The molecule has 30 heavy (non-hydrogen) atoms. The first-order valence-electron chi connectivity index (χ1n) is 10.3. The number of nitrogens with zero attached hydrogens (tertiary/aromatic N) is 5. The van der Waals surface area contributed by atoms with Gasteiger partial charge in [-0.3, -0.25) is 14.7 Å². The van der Waals surface area contributed by atoms with E-state index in [1.54, 1.807) is 48.4 Å². The second-order valence-electron chi connectivity index (χ2n) is 7.53.